The van der Waals surface area contributed by atoms with Gasteiger partial charge in [-0.1, -0.05) is 29.4 Å². The number of nitrogens with two attached hydrogens (primary N) is 1. The monoisotopic (exact) mass is 301 g/mol. The molecule has 0 radical (unpaired) electrons. The minimum atomic E-state index is -0.462. The van der Waals surface area contributed by atoms with Gasteiger partial charge in [0.05, 0.1) is 17.6 Å². The Kier molecular flexibility index (Phi) is 4.92. The molecule has 0 unspecified atom stereocenters. The van der Waals surface area contributed by atoms with Crippen LogP contribution in [0.4, 0.5) is 5.69 Å². The second-order valence-corrected chi connectivity index (χ2v) is 4.38. The molecule has 0 aliphatic heterocycles. The maximum absolute atomic E-state index is 10.7. The Morgan fingerprint density at radius 2 is 2.05 bits per heavy atom. The molecule has 22 heavy (non-hydrogen) atoms. The Morgan fingerprint density at radius 3 is 2.77 bits per heavy atom. The van der Waals surface area contributed by atoms with Gasteiger partial charge in [0.2, 0.25) is 0 Å². The summed E-state index contributed by atoms with van der Waals surface area (Å²) in [6.07, 6.45) is 0. The maximum atomic E-state index is 10.7. The SMILES string of the molecule is COc1ccccc1/C(N)=N/OCc1cccc([N+](=O)[O-])c1. The lowest BCUT2D eigenvalue weighted by atomic mass is 10.2. The van der Waals surface area contributed by atoms with Gasteiger partial charge < -0.3 is 15.3 Å². The van der Waals surface area contributed by atoms with Crippen LogP contribution in [0.1, 0.15) is 11.1 Å². The molecule has 2 aromatic rings. The molecule has 0 fully saturated rings. The van der Waals surface area contributed by atoms with Crippen molar-refractivity contribution in [1.29, 1.82) is 0 Å². The Bertz CT molecular complexity index is 701. The van der Waals surface area contributed by atoms with E-state index in [-0.39, 0.29) is 18.1 Å². The van der Waals surface area contributed by atoms with Gasteiger partial charge in [0.15, 0.2) is 5.84 Å². The second-order valence-electron chi connectivity index (χ2n) is 4.38. The molecule has 0 heterocycles. The van der Waals surface area contributed by atoms with Gasteiger partial charge >= 0.3 is 0 Å². The summed E-state index contributed by atoms with van der Waals surface area (Å²) in [5.41, 5.74) is 7.10. The lowest BCUT2D eigenvalue weighted by Gasteiger charge is -2.07. The fourth-order valence-electron chi connectivity index (χ4n) is 1.84. The molecule has 0 spiro atoms. The molecular formula is C15H15N3O4. The van der Waals surface area contributed by atoms with E-state index in [9.17, 15) is 10.1 Å². The molecule has 0 aromatic heterocycles. The van der Waals surface area contributed by atoms with E-state index in [0.29, 0.717) is 16.9 Å². The molecule has 0 saturated carbocycles. The molecule has 0 aliphatic carbocycles. The summed E-state index contributed by atoms with van der Waals surface area (Å²) in [5.74, 6) is 0.755. The van der Waals surface area contributed by atoms with Crippen molar-refractivity contribution >= 4 is 11.5 Å². The van der Waals surface area contributed by atoms with E-state index < -0.39 is 4.92 Å². The van der Waals surface area contributed by atoms with Gasteiger partial charge in [0, 0.05) is 12.1 Å². The third kappa shape index (κ3) is 3.72. The van der Waals surface area contributed by atoms with Gasteiger partial charge in [-0.25, -0.2) is 0 Å². The first-order valence-corrected chi connectivity index (χ1v) is 6.44. The number of ether oxygens (including phenoxy) is 1. The van der Waals surface area contributed by atoms with Crippen LogP contribution >= 0.6 is 0 Å². The van der Waals surface area contributed by atoms with Gasteiger partial charge in [0.25, 0.3) is 5.69 Å². The number of nitrogens with zero attached hydrogens (tertiary/aromatic N) is 2. The van der Waals surface area contributed by atoms with Crippen molar-refractivity contribution in [3.8, 4) is 5.75 Å². The number of hydrogen-bond donors (Lipinski definition) is 1. The van der Waals surface area contributed by atoms with E-state index in [2.05, 4.69) is 5.16 Å². The quantitative estimate of drug-likeness (QED) is 0.382. The molecule has 0 aliphatic rings. The van der Waals surface area contributed by atoms with Crippen LogP contribution in [-0.2, 0) is 11.4 Å². The predicted octanol–water partition coefficient (Wildman–Crippen LogP) is 2.44. The van der Waals surface area contributed by atoms with Crippen LogP contribution < -0.4 is 10.5 Å². The number of nitro benzene ring substituents is 1. The number of oxime groups is 1. The van der Waals surface area contributed by atoms with E-state index in [1.165, 1.54) is 19.2 Å². The smallest absolute Gasteiger partial charge is 0.269 e. The summed E-state index contributed by atoms with van der Waals surface area (Å²) in [7, 11) is 1.54. The highest BCUT2D eigenvalue weighted by Gasteiger charge is 2.08. The minimum absolute atomic E-state index is 0.00257. The molecule has 7 nitrogen and oxygen atoms in total. The molecule has 0 amide bonds. The zero-order chi connectivity index (χ0) is 15.9. The molecule has 2 N–H and O–H groups in total. The van der Waals surface area contributed by atoms with Gasteiger partial charge in [-0.15, -0.1) is 0 Å². The zero-order valence-electron chi connectivity index (χ0n) is 11.9. The van der Waals surface area contributed by atoms with Crippen molar-refractivity contribution in [2.45, 2.75) is 6.61 Å². The number of para-hydroxylation sites is 1. The Balaban J connectivity index is 2.06. The number of rotatable bonds is 6. The van der Waals surface area contributed by atoms with E-state index in [4.69, 9.17) is 15.3 Å². The van der Waals surface area contributed by atoms with Crippen molar-refractivity contribution in [2.75, 3.05) is 7.11 Å². The predicted molar refractivity (Wildman–Crippen MR) is 81.6 cm³/mol. The van der Waals surface area contributed by atoms with Crippen molar-refractivity contribution in [1.82, 2.24) is 0 Å². The first-order valence-electron chi connectivity index (χ1n) is 6.44. The van der Waals surface area contributed by atoms with Gasteiger partial charge in [-0.3, -0.25) is 10.1 Å². The van der Waals surface area contributed by atoms with Crippen LogP contribution in [0.25, 0.3) is 0 Å². The highest BCUT2D eigenvalue weighted by molar-refractivity contribution is 5.99. The number of amidine groups is 1. The summed E-state index contributed by atoms with van der Waals surface area (Å²) < 4.78 is 5.18. The molecule has 2 aromatic carbocycles. The van der Waals surface area contributed by atoms with Crippen LogP contribution in [0.15, 0.2) is 53.7 Å². The second kappa shape index (κ2) is 7.07. The summed E-state index contributed by atoms with van der Waals surface area (Å²) in [6, 6.07) is 13.3. The highest BCUT2D eigenvalue weighted by Crippen LogP contribution is 2.17. The number of methoxy groups -OCH3 is 1. The third-order valence-electron chi connectivity index (χ3n) is 2.90. The summed E-state index contributed by atoms with van der Waals surface area (Å²) in [6.45, 7) is 0.0809. The number of nitro groups is 1. The summed E-state index contributed by atoms with van der Waals surface area (Å²) >= 11 is 0. The van der Waals surface area contributed by atoms with E-state index >= 15 is 0 Å². The van der Waals surface area contributed by atoms with Gasteiger partial charge in [-0.2, -0.15) is 0 Å². The summed E-state index contributed by atoms with van der Waals surface area (Å²) in [5, 5.41) is 14.5. The minimum Gasteiger partial charge on any atom is -0.496 e. The van der Waals surface area contributed by atoms with Gasteiger partial charge in [0.1, 0.15) is 12.4 Å². The molecular weight excluding hydrogens is 286 g/mol. The topological polar surface area (TPSA) is 100.0 Å². The molecule has 7 heteroatoms. The first-order chi connectivity index (χ1) is 10.6. The molecule has 2 rings (SSSR count). The normalized spacial score (nSPS) is 11.0. The van der Waals surface area contributed by atoms with E-state index in [1.54, 1.807) is 30.3 Å². The fraction of sp³-hybridized carbons (Fsp3) is 0.133. The first kappa shape index (κ1) is 15.3. The van der Waals surface area contributed by atoms with Gasteiger partial charge in [-0.05, 0) is 17.7 Å². The lowest BCUT2D eigenvalue weighted by Crippen LogP contribution is -2.15. The van der Waals surface area contributed by atoms with Crippen molar-refractivity contribution in [2.24, 2.45) is 10.9 Å². The third-order valence-corrected chi connectivity index (χ3v) is 2.90. The average molecular weight is 301 g/mol. The van der Waals surface area contributed by atoms with Crippen LogP contribution in [0.5, 0.6) is 5.75 Å². The number of hydrogen-bond acceptors (Lipinski definition) is 5. The largest absolute Gasteiger partial charge is 0.496 e. The molecule has 0 atom stereocenters. The maximum Gasteiger partial charge on any atom is 0.269 e. The molecule has 0 bridgehead atoms. The standard InChI is InChI=1S/C15H15N3O4/c1-21-14-8-3-2-7-13(14)15(16)17-22-10-11-5-4-6-12(9-11)18(19)20/h2-9H,10H2,1H3,(H2,16,17). The Hall–Kier alpha value is -3.09. The number of benzene rings is 2. The molecule has 0 saturated heterocycles. The van der Waals surface area contributed by atoms with E-state index in [0.717, 1.165) is 0 Å². The average Bonchev–Trinajstić information content (AvgIpc) is 2.55. The highest BCUT2D eigenvalue weighted by atomic mass is 16.6. The fourth-order valence-corrected chi connectivity index (χ4v) is 1.84. The Morgan fingerprint density at radius 1 is 1.27 bits per heavy atom. The van der Waals surface area contributed by atoms with Crippen LogP contribution in [0.3, 0.4) is 0 Å². The van der Waals surface area contributed by atoms with Crippen molar-refractivity contribution in [3.05, 3.63) is 69.8 Å². The zero-order valence-corrected chi connectivity index (χ0v) is 11.9. The van der Waals surface area contributed by atoms with Crippen LogP contribution in [-0.4, -0.2) is 17.9 Å². The van der Waals surface area contributed by atoms with Crippen molar-refractivity contribution in [3.63, 3.8) is 0 Å². The summed E-state index contributed by atoms with van der Waals surface area (Å²) in [4.78, 5) is 15.4. The van der Waals surface area contributed by atoms with Crippen molar-refractivity contribution < 1.29 is 14.5 Å². The Labute approximate surface area is 127 Å². The number of non-ortho nitro benzene ring substituents is 1. The van der Waals surface area contributed by atoms with Crippen LogP contribution in [0, 0.1) is 10.1 Å². The molecule has 114 valence electrons. The lowest BCUT2D eigenvalue weighted by molar-refractivity contribution is -0.384. The van der Waals surface area contributed by atoms with E-state index in [1.807, 2.05) is 6.07 Å². The van der Waals surface area contributed by atoms with Crippen LogP contribution in [0.2, 0.25) is 0 Å².